The number of hydrogen-bond acceptors (Lipinski definition) is 5. The molecule has 0 aliphatic carbocycles. The fraction of sp³-hybridized carbons (Fsp3) is 0.167. The summed E-state index contributed by atoms with van der Waals surface area (Å²) in [4.78, 5) is 27.9. The van der Waals surface area contributed by atoms with Crippen molar-refractivity contribution < 1.29 is 9.53 Å². The molecule has 0 spiro atoms. The Kier molecular flexibility index (Phi) is 2.60. The molecule has 0 radical (unpaired) electrons. The SMILES string of the molecule is COc1c(C(=O)NN)nc[nH]c1=O. The van der Waals surface area contributed by atoms with Crippen molar-refractivity contribution in [3.63, 3.8) is 0 Å². The summed E-state index contributed by atoms with van der Waals surface area (Å²) >= 11 is 0. The Labute approximate surface area is 72.9 Å². The fourth-order valence-corrected chi connectivity index (χ4v) is 0.807. The first-order valence-electron chi connectivity index (χ1n) is 3.33. The highest BCUT2D eigenvalue weighted by Gasteiger charge is 2.15. The van der Waals surface area contributed by atoms with E-state index < -0.39 is 11.5 Å². The third kappa shape index (κ3) is 1.64. The Balaban J connectivity index is 3.28. The van der Waals surface area contributed by atoms with Crippen LogP contribution in [0.2, 0.25) is 0 Å². The number of nitrogens with one attached hydrogen (secondary N) is 2. The number of nitrogens with zero attached hydrogens (tertiary/aromatic N) is 1. The molecule has 0 aromatic carbocycles. The van der Waals surface area contributed by atoms with Crippen LogP contribution >= 0.6 is 0 Å². The number of H-pyrrole nitrogens is 1. The minimum absolute atomic E-state index is 0.145. The van der Waals surface area contributed by atoms with E-state index in [0.29, 0.717) is 0 Å². The number of carbonyl (C=O) groups excluding carboxylic acids is 1. The Morgan fingerprint density at radius 3 is 3.00 bits per heavy atom. The maximum Gasteiger partial charge on any atom is 0.293 e. The molecule has 0 atom stereocenters. The van der Waals surface area contributed by atoms with Gasteiger partial charge in [0.15, 0.2) is 5.69 Å². The number of nitrogens with two attached hydrogens (primary N) is 1. The molecule has 7 nitrogen and oxygen atoms in total. The molecule has 13 heavy (non-hydrogen) atoms. The van der Waals surface area contributed by atoms with E-state index in [-0.39, 0.29) is 11.4 Å². The van der Waals surface area contributed by atoms with E-state index in [4.69, 9.17) is 5.84 Å². The van der Waals surface area contributed by atoms with Crippen LogP contribution in [0.1, 0.15) is 10.5 Å². The van der Waals surface area contributed by atoms with Gasteiger partial charge >= 0.3 is 0 Å². The van der Waals surface area contributed by atoms with Crippen molar-refractivity contribution in [3.05, 3.63) is 22.4 Å². The van der Waals surface area contributed by atoms with Crippen molar-refractivity contribution in [2.45, 2.75) is 0 Å². The van der Waals surface area contributed by atoms with Gasteiger partial charge in [0.1, 0.15) is 0 Å². The van der Waals surface area contributed by atoms with Crippen LogP contribution in [0, 0.1) is 0 Å². The third-order valence-electron chi connectivity index (χ3n) is 1.36. The summed E-state index contributed by atoms with van der Waals surface area (Å²) in [5.41, 5.74) is 1.17. The molecule has 1 heterocycles. The summed E-state index contributed by atoms with van der Waals surface area (Å²) in [6, 6.07) is 0. The zero-order valence-corrected chi connectivity index (χ0v) is 6.83. The molecule has 0 saturated carbocycles. The van der Waals surface area contributed by atoms with Gasteiger partial charge in [-0.25, -0.2) is 10.8 Å². The molecule has 0 bridgehead atoms. The van der Waals surface area contributed by atoms with Gasteiger partial charge in [-0.15, -0.1) is 0 Å². The van der Waals surface area contributed by atoms with Crippen molar-refractivity contribution in [1.29, 1.82) is 0 Å². The van der Waals surface area contributed by atoms with Gasteiger partial charge in [-0.2, -0.15) is 0 Å². The quantitative estimate of drug-likeness (QED) is 0.291. The first-order chi connectivity index (χ1) is 6.20. The minimum Gasteiger partial charge on any atom is -0.489 e. The number of hydrogen-bond donors (Lipinski definition) is 3. The summed E-state index contributed by atoms with van der Waals surface area (Å²) in [5.74, 6) is 4.03. The molecule has 1 aromatic heterocycles. The monoisotopic (exact) mass is 184 g/mol. The van der Waals surface area contributed by atoms with Gasteiger partial charge in [-0.1, -0.05) is 0 Å². The van der Waals surface area contributed by atoms with Gasteiger partial charge in [0.25, 0.3) is 11.5 Å². The first kappa shape index (κ1) is 9.20. The van der Waals surface area contributed by atoms with Gasteiger partial charge in [-0.3, -0.25) is 15.0 Å². The number of carbonyl (C=O) groups is 1. The number of rotatable bonds is 2. The standard InChI is InChI=1S/C6H8N4O3/c1-13-4-3(5(11)10-7)8-2-9-6(4)12/h2H,7H2,1H3,(H,10,11)(H,8,9,12). The normalized spacial score (nSPS) is 9.38. The van der Waals surface area contributed by atoms with Crippen molar-refractivity contribution in [2.24, 2.45) is 5.84 Å². The van der Waals surface area contributed by atoms with E-state index in [0.717, 1.165) is 6.33 Å². The number of ether oxygens (including phenoxy) is 1. The molecular formula is C6H8N4O3. The molecule has 1 rings (SSSR count). The van der Waals surface area contributed by atoms with E-state index in [1.165, 1.54) is 7.11 Å². The molecule has 7 heteroatoms. The highest BCUT2D eigenvalue weighted by Crippen LogP contribution is 2.06. The zero-order valence-electron chi connectivity index (χ0n) is 6.83. The Bertz CT molecular complexity index is 372. The number of nitrogen functional groups attached to an aromatic ring is 1. The second-order valence-corrected chi connectivity index (χ2v) is 2.09. The van der Waals surface area contributed by atoms with E-state index >= 15 is 0 Å². The second-order valence-electron chi connectivity index (χ2n) is 2.09. The summed E-state index contributed by atoms with van der Waals surface area (Å²) in [6.45, 7) is 0. The van der Waals surface area contributed by atoms with Crippen LogP contribution < -0.4 is 21.6 Å². The lowest BCUT2D eigenvalue weighted by Gasteiger charge is -2.03. The van der Waals surface area contributed by atoms with E-state index in [1.807, 2.05) is 5.43 Å². The van der Waals surface area contributed by atoms with Crippen LogP contribution in [0.15, 0.2) is 11.1 Å². The van der Waals surface area contributed by atoms with Crippen LogP contribution in [0.3, 0.4) is 0 Å². The van der Waals surface area contributed by atoms with Crippen molar-refractivity contribution in [2.75, 3.05) is 7.11 Å². The van der Waals surface area contributed by atoms with Crippen LogP contribution in [0.5, 0.6) is 5.75 Å². The zero-order chi connectivity index (χ0) is 9.84. The summed E-state index contributed by atoms with van der Waals surface area (Å²) < 4.78 is 4.68. The molecule has 1 amide bonds. The van der Waals surface area contributed by atoms with Gasteiger partial charge in [0.05, 0.1) is 13.4 Å². The molecule has 0 unspecified atom stereocenters. The predicted molar refractivity (Wildman–Crippen MR) is 43.1 cm³/mol. The van der Waals surface area contributed by atoms with Crippen LogP contribution in [0.25, 0.3) is 0 Å². The first-order valence-corrected chi connectivity index (χ1v) is 3.33. The molecule has 1 aromatic rings. The van der Waals surface area contributed by atoms with Gasteiger partial charge in [0, 0.05) is 0 Å². The van der Waals surface area contributed by atoms with Crippen LogP contribution in [-0.2, 0) is 0 Å². The summed E-state index contributed by atoms with van der Waals surface area (Å²) in [6.07, 6.45) is 1.09. The van der Waals surface area contributed by atoms with Gasteiger partial charge in [0.2, 0.25) is 5.75 Å². The average molecular weight is 184 g/mol. The topological polar surface area (TPSA) is 110 Å². The number of aromatic amines is 1. The molecule has 0 aliphatic rings. The second kappa shape index (κ2) is 3.68. The largest absolute Gasteiger partial charge is 0.489 e. The summed E-state index contributed by atoms with van der Waals surface area (Å²) in [5, 5.41) is 0. The number of methoxy groups -OCH3 is 1. The molecule has 4 N–H and O–H groups in total. The van der Waals surface area contributed by atoms with Crippen LogP contribution in [-0.4, -0.2) is 23.0 Å². The lowest BCUT2D eigenvalue weighted by Crippen LogP contribution is -2.32. The highest BCUT2D eigenvalue weighted by molar-refractivity contribution is 5.94. The van der Waals surface area contributed by atoms with E-state index in [1.54, 1.807) is 0 Å². The molecule has 0 saturated heterocycles. The van der Waals surface area contributed by atoms with Crippen molar-refractivity contribution in [3.8, 4) is 5.75 Å². The maximum atomic E-state index is 11.1. The summed E-state index contributed by atoms with van der Waals surface area (Å²) in [7, 11) is 1.26. The molecule has 0 aliphatic heterocycles. The Morgan fingerprint density at radius 1 is 1.77 bits per heavy atom. The lowest BCUT2D eigenvalue weighted by atomic mass is 10.3. The van der Waals surface area contributed by atoms with Crippen molar-refractivity contribution >= 4 is 5.91 Å². The number of amides is 1. The van der Waals surface area contributed by atoms with E-state index in [2.05, 4.69) is 14.7 Å². The fourth-order valence-electron chi connectivity index (χ4n) is 0.807. The van der Waals surface area contributed by atoms with Crippen molar-refractivity contribution in [1.82, 2.24) is 15.4 Å². The predicted octanol–water partition coefficient (Wildman–Crippen LogP) is -1.62. The smallest absolute Gasteiger partial charge is 0.293 e. The van der Waals surface area contributed by atoms with E-state index in [9.17, 15) is 9.59 Å². The van der Waals surface area contributed by atoms with Crippen LogP contribution in [0.4, 0.5) is 0 Å². The minimum atomic E-state index is -0.678. The van der Waals surface area contributed by atoms with Gasteiger partial charge < -0.3 is 9.72 Å². The Hall–Kier alpha value is -1.89. The number of hydrazine groups is 1. The molecule has 0 fully saturated rings. The average Bonchev–Trinajstić information content (AvgIpc) is 2.16. The number of aromatic nitrogens is 2. The third-order valence-corrected chi connectivity index (χ3v) is 1.36. The van der Waals surface area contributed by atoms with Gasteiger partial charge in [-0.05, 0) is 0 Å². The Morgan fingerprint density at radius 2 is 2.46 bits per heavy atom. The lowest BCUT2D eigenvalue weighted by molar-refractivity contribution is 0.0944. The molecule has 70 valence electrons. The highest BCUT2D eigenvalue weighted by atomic mass is 16.5. The molecular weight excluding hydrogens is 176 g/mol. The maximum absolute atomic E-state index is 11.1.